The van der Waals surface area contributed by atoms with Crippen LogP contribution in [0.5, 0.6) is 17.2 Å². The predicted molar refractivity (Wildman–Crippen MR) is 75.3 cm³/mol. The molecule has 0 radical (unpaired) electrons. The second-order valence-corrected chi connectivity index (χ2v) is 4.44. The molecule has 3 rings (SSSR count). The second kappa shape index (κ2) is 5.77. The second-order valence-electron chi connectivity index (χ2n) is 4.44. The Kier molecular flexibility index (Phi) is 3.65. The van der Waals surface area contributed by atoms with Gasteiger partial charge in [-0.05, 0) is 36.4 Å². The molecule has 2 aromatic carbocycles. The van der Waals surface area contributed by atoms with Gasteiger partial charge in [0.1, 0.15) is 11.3 Å². The maximum Gasteiger partial charge on any atom is 0.347 e. The lowest BCUT2D eigenvalue weighted by Gasteiger charge is -2.07. The van der Waals surface area contributed by atoms with Crippen molar-refractivity contribution in [3.63, 3.8) is 0 Å². The number of methoxy groups -OCH3 is 1. The Morgan fingerprint density at radius 1 is 1.00 bits per heavy atom. The summed E-state index contributed by atoms with van der Waals surface area (Å²) in [5, 5.41) is 0. The normalized spacial score (nSPS) is 11.9. The van der Waals surface area contributed by atoms with Crippen molar-refractivity contribution in [1.82, 2.24) is 0 Å². The standard InChI is InChI=1S/C16H12O6/c1-19-15(17)10-5-7-11(8-6-10)22-16(18)12-3-2-4-13-14(12)21-9-20-13/h2-8H,9H2,1H3. The summed E-state index contributed by atoms with van der Waals surface area (Å²) in [5.41, 5.74) is 0.659. The van der Waals surface area contributed by atoms with E-state index in [1.165, 1.54) is 31.4 Å². The van der Waals surface area contributed by atoms with Crippen molar-refractivity contribution in [2.75, 3.05) is 13.9 Å². The Balaban J connectivity index is 1.77. The van der Waals surface area contributed by atoms with Crippen molar-refractivity contribution >= 4 is 11.9 Å². The molecule has 0 aliphatic carbocycles. The molecule has 1 heterocycles. The largest absolute Gasteiger partial charge is 0.465 e. The van der Waals surface area contributed by atoms with E-state index in [1.54, 1.807) is 18.2 Å². The van der Waals surface area contributed by atoms with Crippen molar-refractivity contribution in [2.45, 2.75) is 0 Å². The molecule has 0 spiro atoms. The highest BCUT2D eigenvalue weighted by molar-refractivity contribution is 5.95. The van der Waals surface area contributed by atoms with Crippen LogP contribution in [0.15, 0.2) is 42.5 Å². The van der Waals surface area contributed by atoms with Gasteiger partial charge in [0.2, 0.25) is 6.79 Å². The summed E-state index contributed by atoms with van der Waals surface area (Å²) in [5.74, 6) is 0.181. The molecule has 6 nitrogen and oxygen atoms in total. The SMILES string of the molecule is COC(=O)c1ccc(OC(=O)c2cccc3c2OCO3)cc1. The number of hydrogen-bond donors (Lipinski definition) is 0. The zero-order chi connectivity index (χ0) is 15.5. The number of fused-ring (bicyclic) bond motifs is 1. The van der Waals surface area contributed by atoms with Gasteiger partial charge in [-0.1, -0.05) is 6.07 Å². The van der Waals surface area contributed by atoms with Crippen LogP contribution in [0.4, 0.5) is 0 Å². The summed E-state index contributed by atoms with van der Waals surface area (Å²) < 4.78 is 20.3. The van der Waals surface area contributed by atoms with Gasteiger partial charge in [-0.15, -0.1) is 0 Å². The van der Waals surface area contributed by atoms with E-state index >= 15 is 0 Å². The molecule has 0 saturated carbocycles. The van der Waals surface area contributed by atoms with Gasteiger partial charge in [0.25, 0.3) is 0 Å². The van der Waals surface area contributed by atoms with E-state index < -0.39 is 11.9 Å². The van der Waals surface area contributed by atoms with Crippen LogP contribution in [0.3, 0.4) is 0 Å². The molecule has 0 unspecified atom stereocenters. The molecule has 1 aliphatic heterocycles. The molecule has 112 valence electrons. The molecule has 0 atom stereocenters. The van der Waals surface area contributed by atoms with E-state index in [1.807, 2.05) is 0 Å². The van der Waals surface area contributed by atoms with Crippen molar-refractivity contribution < 1.29 is 28.5 Å². The van der Waals surface area contributed by atoms with E-state index in [0.717, 1.165) is 0 Å². The quantitative estimate of drug-likeness (QED) is 0.640. The molecule has 0 aromatic heterocycles. The molecule has 2 aromatic rings. The summed E-state index contributed by atoms with van der Waals surface area (Å²) in [6.45, 7) is 0.0768. The van der Waals surface area contributed by atoms with E-state index in [-0.39, 0.29) is 12.4 Å². The van der Waals surface area contributed by atoms with Crippen LogP contribution in [0.2, 0.25) is 0 Å². The van der Waals surface area contributed by atoms with Crippen molar-refractivity contribution in [3.05, 3.63) is 53.6 Å². The minimum Gasteiger partial charge on any atom is -0.465 e. The lowest BCUT2D eigenvalue weighted by molar-refractivity contribution is 0.0600. The van der Waals surface area contributed by atoms with Gasteiger partial charge in [-0.25, -0.2) is 9.59 Å². The number of para-hydroxylation sites is 1. The zero-order valence-electron chi connectivity index (χ0n) is 11.7. The monoisotopic (exact) mass is 300 g/mol. The highest BCUT2D eigenvalue weighted by Gasteiger charge is 2.23. The first-order chi connectivity index (χ1) is 10.7. The van der Waals surface area contributed by atoms with Crippen LogP contribution in [0, 0.1) is 0 Å². The summed E-state index contributed by atoms with van der Waals surface area (Å²) in [4.78, 5) is 23.5. The van der Waals surface area contributed by atoms with Gasteiger partial charge in [0.15, 0.2) is 11.5 Å². The van der Waals surface area contributed by atoms with Gasteiger partial charge < -0.3 is 18.9 Å². The summed E-state index contributed by atoms with van der Waals surface area (Å²) >= 11 is 0. The van der Waals surface area contributed by atoms with E-state index in [0.29, 0.717) is 22.8 Å². The number of carbonyl (C=O) groups is 2. The van der Waals surface area contributed by atoms with Crippen molar-refractivity contribution in [3.8, 4) is 17.2 Å². The number of benzene rings is 2. The lowest BCUT2D eigenvalue weighted by Crippen LogP contribution is -2.10. The average molecular weight is 300 g/mol. The lowest BCUT2D eigenvalue weighted by atomic mass is 10.2. The maximum atomic E-state index is 12.2. The molecule has 0 amide bonds. The molecular formula is C16H12O6. The van der Waals surface area contributed by atoms with Gasteiger partial charge in [0, 0.05) is 0 Å². The Morgan fingerprint density at radius 2 is 1.77 bits per heavy atom. The van der Waals surface area contributed by atoms with Gasteiger partial charge in [-0.2, -0.15) is 0 Å². The molecule has 22 heavy (non-hydrogen) atoms. The molecule has 0 fully saturated rings. The highest BCUT2D eigenvalue weighted by atomic mass is 16.7. The van der Waals surface area contributed by atoms with Crippen LogP contribution in [-0.4, -0.2) is 25.8 Å². The van der Waals surface area contributed by atoms with Crippen LogP contribution >= 0.6 is 0 Å². The molecular weight excluding hydrogens is 288 g/mol. The molecule has 6 heteroatoms. The maximum absolute atomic E-state index is 12.2. The van der Waals surface area contributed by atoms with Crippen LogP contribution < -0.4 is 14.2 Å². The Morgan fingerprint density at radius 3 is 2.50 bits per heavy atom. The fourth-order valence-corrected chi connectivity index (χ4v) is 2.03. The Bertz CT molecular complexity index is 720. The van der Waals surface area contributed by atoms with Gasteiger partial charge in [0.05, 0.1) is 12.7 Å². The van der Waals surface area contributed by atoms with Crippen LogP contribution in [0.1, 0.15) is 20.7 Å². The number of esters is 2. The third-order valence-electron chi connectivity index (χ3n) is 3.10. The first kappa shape index (κ1) is 13.9. The first-order valence-electron chi connectivity index (χ1n) is 6.48. The number of ether oxygens (including phenoxy) is 4. The van der Waals surface area contributed by atoms with Crippen molar-refractivity contribution in [2.24, 2.45) is 0 Å². The minimum atomic E-state index is -0.562. The molecule has 1 aliphatic rings. The summed E-state index contributed by atoms with van der Waals surface area (Å²) in [6.07, 6.45) is 0. The Labute approximate surface area is 126 Å². The number of rotatable bonds is 3. The zero-order valence-corrected chi connectivity index (χ0v) is 11.7. The molecule has 0 bridgehead atoms. The minimum absolute atomic E-state index is 0.0768. The first-order valence-corrected chi connectivity index (χ1v) is 6.48. The fraction of sp³-hybridized carbons (Fsp3) is 0.125. The van der Waals surface area contributed by atoms with Crippen LogP contribution in [0.25, 0.3) is 0 Å². The van der Waals surface area contributed by atoms with Gasteiger partial charge in [-0.3, -0.25) is 0 Å². The number of hydrogen-bond acceptors (Lipinski definition) is 6. The smallest absolute Gasteiger partial charge is 0.347 e. The highest BCUT2D eigenvalue weighted by Crippen LogP contribution is 2.35. The molecule has 0 N–H and O–H groups in total. The topological polar surface area (TPSA) is 71.1 Å². The average Bonchev–Trinajstić information content (AvgIpc) is 3.03. The van der Waals surface area contributed by atoms with E-state index in [9.17, 15) is 9.59 Å². The Hall–Kier alpha value is -3.02. The van der Waals surface area contributed by atoms with Crippen molar-refractivity contribution in [1.29, 1.82) is 0 Å². The fourth-order valence-electron chi connectivity index (χ4n) is 2.03. The third kappa shape index (κ3) is 2.58. The van der Waals surface area contributed by atoms with E-state index in [2.05, 4.69) is 4.74 Å². The predicted octanol–water partition coefficient (Wildman–Crippen LogP) is 2.42. The van der Waals surface area contributed by atoms with Gasteiger partial charge >= 0.3 is 11.9 Å². The van der Waals surface area contributed by atoms with E-state index in [4.69, 9.17) is 14.2 Å². The summed E-state index contributed by atoms with van der Waals surface area (Å²) in [6, 6.07) is 11.1. The summed E-state index contributed by atoms with van der Waals surface area (Å²) in [7, 11) is 1.30. The molecule has 0 saturated heterocycles. The van der Waals surface area contributed by atoms with Crippen LogP contribution in [-0.2, 0) is 4.74 Å². The third-order valence-corrected chi connectivity index (χ3v) is 3.10. The number of carbonyl (C=O) groups excluding carboxylic acids is 2.